The second-order valence-corrected chi connectivity index (χ2v) is 17.7. The predicted molar refractivity (Wildman–Crippen MR) is 122 cm³/mol. The van der Waals surface area contributed by atoms with Crippen LogP contribution in [0.25, 0.3) is 0 Å². The van der Waals surface area contributed by atoms with Crippen LogP contribution in [-0.4, -0.2) is 12.2 Å². The van der Waals surface area contributed by atoms with E-state index in [-0.39, 0.29) is 17.6 Å². The molecule has 0 N–H and O–H groups in total. The average molecular weight is 526 g/mol. The van der Waals surface area contributed by atoms with Crippen LogP contribution in [0.5, 0.6) is 0 Å². The summed E-state index contributed by atoms with van der Waals surface area (Å²) < 4.78 is 34.6. The number of rotatable bonds is 4. The van der Waals surface area contributed by atoms with Crippen LogP contribution in [0.15, 0.2) is 11.6 Å². The van der Waals surface area contributed by atoms with Gasteiger partial charge in [0, 0.05) is 0 Å². The molecule has 2 saturated carbocycles. The number of hydrogen-bond donors (Lipinski definition) is 0. The first-order chi connectivity index (χ1) is 13.4. The number of hydrogen-bond acceptors (Lipinski definition) is 4. The van der Waals surface area contributed by atoms with E-state index in [0.29, 0.717) is 24.2 Å². The third kappa shape index (κ3) is 6.64. The Kier molecular flexibility index (Phi) is 8.28. The highest BCUT2D eigenvalue weighted by atomic mass is 35.9. The molecule has 3 unspecified atom stereocenters. The Morgan fingerprint density at radius 3 is 2.34 bits per heavy atom. The molecule has 168 valence electrons. The van der Waals surface area contributed by atoms with Crippen LogP contribution in [0, 0.1) is 23.2 Å². The lowest BCUT2D eigenvalue weighted by Crippen LogP contribution is -2.43. The summed E-state index contributed by atoms with van der Waals surface area (Å²) in [5.74, 6) is 1.69. The summed E-state index contributed by atoms with van der Waals surface area (Å²) in [5.41, 5.74) is 1.17. The van der Waals surface area contributed by atoms with Gasteiger partial charge in [-0.1, -0.05) is 31.4 Å². The van der Waals surface area contributed by atoms with Crippen molar-refractivity contribution in [2.24, 2.45) is 23.2 Å². The van der Waals surface area contributed by atoms with Gasteiger partial charge < -0.3 is 9.05 Å². The fourth-order valence-electron chi connectivity index (χ4n) is 6.11. The minimum absolute atomic E-state index is 0.0397. The molecule has 3 rings (SSSR count). The van der Waals surface area contributed by atoms with Crippen molar-refractivity contribution in [1.29, 1.82) is 0 Å². The van der Waals surface area contributed by atoms with Crippen molar-refractivity contribution < 1.29 is 18.2 Å². The van der Waals surface area contributed by atoms with Gasteiger partial charge in [-0.25, -0.2) is 0 Å². The van der Waals surface area contributed by atoms with Crippen LogP contribution in [-0.2, 0) is 18.2 Å². The molecule has 0 spiro atoms. The highest BCUT2D eigenvalue weighted by Gasteiger charge is 2.55. The van der Waals surface area contributed by atoms with E-state index in [9.17, 15) is 9.13 Å². The highest BCUT2D eigenvalue weighted by Crippen LogP contribution is 2.66. The van der Waals surface area contributed by atoms with Gasteiger partial charge in [-0.3, -0.25) is 9.13 Å². The molecule has 0 heterocycles. The minimum atomic E-state index is -3.55. The van der Waals surface area contributed by atoms with E-state index in [4.69, 9.17) is 54.0 Å². The quantitative estimate of drug-likeness (QED) is 0.271. The Hall–Kier alpha value is 1.28. The summed E-state index contributed by atoms with van der Waals surface area (Å²) in [5, 5.41) is 0. The van der Waals surface area contributed by atoms with E-state index in [2.05, 4.69) is 19.9 Å². The summed E-state index contributed by atoms with van der Waals surface area (Å²) in [6, 6.07) is 0. The fraction of sp³-hybridized carbons (Fsp3) is 0.895. The molecule has 0 radical (unpaired) electrons. The lowest BCUT2D eigenvalue weighted by Gasteiger charge is -2.48. The first kappa shape index (κ1) is 24.9. The van der Waals surface area contributed by atoms with E-state index in [1.54, 1.807) is 0 Å². The largest absolute Gasteiger partial charge is 0.380 e. The summed E-state index contributed by atoms with van der Waals surface area (Å²) in [6.45, 7) is 4.34. The molecule has 0 aromatic heterocycles. The van der Waals surface area contributed by atoms with Gasteiger partial charge in [0.15, 0.2) is 0 Å². The number of halogens is 4. The lowest BCUT2D eigenvalue weighted by atomic mass is 9.58. The molecule has 10 heteroatoms. The Morgan fingerprint density at radius 1 is 1.00 bits per heavy atom. The summed E-state index contributed by atoms with van der Waals surface area (Å²) in [4.78, 5) is 0. The van der Waals surface area contributed by atoms with Crippen LogP contribution < -0.4 is 0 Å². The van der Waals surface area contributed by atoms with Crippen LogP contribution in [0.3, 0.4) is 0 Å². The van der Waals surface area contributed by atoms with E-state index < -0.39 is 12.1 Å². The average Bonchev–Trinajstić information content (AvgIpc) is 2.87. The van der Waals surface area contributed by atoms with E-state index in [0.717, 1.165) is 51.4 Å². The van der Waals surface area contributed by atoms with E-state index >= 15 is 0 Å². The SMILES string of the molecule is C/C1=C\CC2C(CCC[C@H](OP(=O)(Cl)Cl)C1)CC[C@@]1(C)C2CC[C@@H]1OP(=O)(Cl)Cl. The second kappa shape index (κ2) is 9.64. The van der Waals surface area contributed by atoms with Gasteiger partial charge in [0.25, 0.3) is 0 Å². The van der Waals surface area contributed by atoms with Crippen LogP contribution in [0.2, 0.25) is 0 Å². The normalized spacial score (nSPS) is 41.2. The molecule has 0 aromatic carbocycles. The Labute approximate surface area is 193 Å². The number of fused-ring (bicyclic) bond motifs is 3. The molecule has 0 aliphatic heterocycles. The molecule has 29 heavy (non-hydrogen) atoms. The van der Waals surface area contributed by atoms with Crippen LogP contribution in [0.4, 0.5) is 0 Å². The maximum atomic E-state index is 11.9. The summed E-state index contributed by atoms with van der Waals surface area (Å²) in [7, 11) is 0. The summed E-state index contributed by atoms with van der Waals surface area (Å²) >= 11 is 22.8. The smallest absolute Gasteiger partial charge is 0.303 e. The Bertz CT molecular complexity index is 721. The molecular formula is C19H30Cl4O4P2. The van der Waals surface area contributed by atoms with Crippen molar-refractivity contribution in [2.75, 3.05) is 0 Å². The monoisotopic (exact) mass is 524 g/mol. The molecular weight excluding hydrogens is 496 g/mol. The summed E-state index contributed by atoms with van der Waals surface area (Å²) in [6.07, 6.45) is 3.48. The highest BCUT2D eigenvalue weighted by molar-refractivity contribution is 8.05. The van der Waals surface area contributed by atoms with Crippen molar-refractivity contribution in [3.8, 4) is 0 Å². The van der Waals surface area contributed by atoms with Crippen molar-refractivity contribution in [3.63, 3.8) is 0 Å². The van der Waals surface area contributed by atoms with Gasteiger partial charge >= 0.3 is 12.1 Å². The molecule has 3 aliphatic carbocycles. The topological polar surface area (TPSA) is 52.6 Å². The van der Waals surface area contributed by atoms with Crippen molar-refractivity contribution in [1.82, 2.24) is 0 Å². The van der Waals surface area contributed by atoms with Crippen molar-refractivity contribution >= 4 is 57.1 Å². The van der Waals surface area contributed by atoms with E-state index in [1.807, 2.05) is 0 Å². The predicted octanol–water partition coefficient (Wildman–Crippen LogP) is 9.28. The molecule has 3 aliphatic rings. The lowest BCUT2D eigenvalue weighted by molar-refractivity contribution is -0.0212. The second-order valence-electron chi connectivity index (χ2n) is 9.22. The minimum Gasteiger partial charge on any atom is -0.303 e. The molecule has 4 nitrogen and oxygen atoms in total. The Balaban J connectivity index is 1.76. The van der Waals surface area contributed by atoms with Crippen LogP contribution in [0.1, 0.15) is 71.6 Å². The molecule has 0 bridgehead atoms. The third-order valence-electron chi connectivity index (χ3n) is 7.41. The van der Waals surface area contributed by atoms with Gasteiger partial charge in [0.2, 0.25) is 0 Å². The molecule has 0 aromatic rings. The zero-order valence-corrected chi connectivity index (χ0v) is 21.7. The molecule has 0 amide bonds. The van der Waals surface area contributed by atoms with Gasteiger partial charge in [-0.15, -0.1) is 0 Å². The maximum Gasteiger partial charge on any atom is 0.380 e. The Morgan fingerprint density at radius 2 is 1.69 bits per heavy atom. The van der Waals surface area contributed by atoms with Gasteiger partial charge in [-0.2, -0.15) is 0 Å². The maximum absolute atomic E-state index is 11.9. The van der Waals surface area contributed by atoms with Gasteiger partial charge in [0.05, 0.1) is 12.2 Å². The first-order valence-corrected chi connectivity index (χ1v) is 17.3. The van der Waals surface area contributed by atoms with Gasteiger partial charge in [-0.05, 0) is 120 Å². The third-order valence-corrected chi connectivity index (χ3v) is 9.41. The molecule has 0 saturated heterocycles. The zero-order valence-electron chi connectivity index (χ0n) is 16.9. The standard InChI is InChI=1S/C19H30Cl4O4P2/c1-13-6-7-16-14(4-3-5-15(12-13)26-28(20,21)24)10-11-19(2)17(16)8-9-18(19)27-29(22,23)25/h6,14-18H,3-5,7-12H2,1-2H3/b13-6+/t14?,15-,16?,17?,18-,19-/m0/s1. The van der Waals surface area contributed by atoms with Crippen molar-refractivity contribution in [3.05, 3.63) is 11.6 Å². The molecule has 2 fully saturated rings. The van der Waals surface area contributed by atoms with E-state index in [1.165, 1.54) is 5.57 Å². The van der Waals surface area contributed by atoms with Crippen molar-refractivity contribution in [2.45, 2.75) is 83.8 Å². The fourth-order valence-corrected chi connectivity index (χ4v) is 8.53. The molecule has 6 atom stereocenters. The number of allylic oxidation sites excluding steroid dienone is 1. The zero-order chi connectivity index (χ0) is 21.4. The van der Waals surface area contributed by atoms with Gasteiger partial charge in [0.1, 0.15) is 0 Å². The van der Waals surface area contributed by atoms with Crippen LogP contribution >= 0.6 is 57.1 Å². The first-order valence-electron chi connectivity index (χ1n) is 10.4.